The second-order valence-electron chi connectivity index (χ2n) is 32.7. The number of benzene rings is 12. The molecular weight excluding hydrogens is 1770 g/mol. The summed E-state index contributed by atoms with van der Waals surface area (Å²) in [5.41, 5.74) is 29.5. The van der Waals surface area contributed by atoms with E-state index in [-0.39, 0.29) is 53.6 Å². The van der Waals surface area contributed by atoms with Gasteiger partial charge < -0.3 is 45.2 Å². The van der Waals surface area contributed by atoms with Crippen LogP contribution in [0.4, 0.5) is 0 Å². The largest absolute Gasteiger partial charge is 0.478 e. The number of rotatable bonds is 3. The quantitative estimate of drug-likeness (QED) is 0.0798. The van der Waals surface area contributed by atoms with Crippen molar-refractivity contribution in [3.63, 3.8) is 0 Å². The van der Waals surface area contributed by atoms with Crippen LogP contribution in [0.2, 0.25) is 0 Å². The number of carbonyl (C=O) groups is 3. The molecule has 0 atom stereocenters. The van der Waals surface area contributed by atoms with Crippen molar-refractivity contribution in [1.29, 1.82) is 0 Å². The molecule has 19 heteroatoms. The van der Waals surface area contributed by atoms with Crippen LogP contribution in [0, 0.1) is 36.9 Å². The van der Waals surface area contributed by atoms with Crippen LogP contribution < -0.4 is 0 Å². The van der Waals surface area contributed by atoms with Crippen LogP contribution in [-0.4, -0.2) is 93.0 Å². The molecule has 130 heavy (non-hydrogen) atoms. The third-order valence-electron chi connectivity index (χ3n) is 25.4. The molecule has 0 saturated heterocycles. The zero-order valence-corrected chi connectivity index (χ0v) is 70.1. The average Bonchev–Trinajstić information content (AvgIpc) is 1.59. The monoisotopic (exact) mass is 1840 g/mol. The average molecular weight is 1840 g/mol. The summed E-state index contributed by atoms with van der Waals surface area (Å²) in [6.45, 7) is 0. The topological polar surface area (TPSA) is 284 Å². The Hall–Kier alpha value is -16.8. The Labute approximate surface area is 766 Å². The number of H-pyrrole nitrogens is 6. The third-order valence-corrected chi connectivity index (χ3v) is 25.4. The molecule has 21 aromatic rings. The van der Waals surface area contributed by atoms with E-state index in [1.807, 2.05) is 255 Å². The second-order valence-corrected chi connectivity index (χ2v) is 32.7. The minimum atomic E-state index is -1.05. The molecule has 6 aliphatic rings. The molecule has 0 unspecified atom stereocenters. The summed E-state index contributed by atoms with van der Waals surface area (Å²) in [6.07, 6.45) is 0. The summed E-state index contributed by atoms with van der Waals surface area (Å²) in [6, 6.07) is 115. The van der Waals surface area contributed by atoms with Crippen molar-refractivity contribution in [2.45, 2.75) is 0 Å². The predicted molar refractivity (Wildman–Crippen MR) is 515 cm³/mol. The van der Waals surface area contributed by atoms with Crippen molar-refractivity contribution in [3.05, 3.63) is 362 Å². The number of fused-ring (bicyclic) bond motifs is 60. The van der Waals surface area contributed by atoms with E-state index in [1.165, 1.54) is 0 Å². The minimum absolute atomic E-state index is 0. The molecule has 24 bridgehead atoms. The summed E-state index contributed by atoms with van der Waals surface area (Å²) in [5.74, 6) is -3.14. The zero-order chi connectivity index (χ0) is 86.0. The fourth-order valence-electron chi connectivity index (χ4n) is 19.7. The Morgan fingerprint density at radius 2 is 0.315 bits per heavy atom. The van der Waals surface area contributed by atoms with Crippen molar-refractivity contribution in [2.24, 2.45) is 0 Å². The van der Waals surface area contributed by atoms with Gasteiger partial charge in [-0.3, -0.25) is 0 Å². The van der Waals surface area contributed by atoms with E-state index in [1.54, 1.807) is 0 Å². The normalized spacial score (nSPS) is 11.8. The number of aromatic amines is 6. The zero-order valence-electron chi connectivity index (χ0n) is 68.4. The van der Waals surface area contributed by atoms with Gasteiger partial charge in [0, 0.05) is 218 Å². The molecule has 18 nitrogen and oxygen atoms in total. The maximum atomic E-state index is 13.1. The molecule has 9 N–H and O–H groups in total. The van der Waals surface area contributed by atoms with Gasteiger partial charge in [-0.25, -0.2) is 44.3 Å². The summed E-state index contributed by atoms with van der Waals surface area (Å²) >= 11 is 0. The fourth-order valence-corrected chi connectivity index (χ4v) is 19.7. The molecule has 0 aliphatic carbocycles. The number of carboxylic acids is 3. The standard InChI is InChI=1S/3C37H22N4O2.Lu/c3*42-37(43)34-35-26-15-7-5-13-24(26)32(40-35)18-30-22-11-3-1-9-20(22)28(38-30)17-29-21-10-2-4-12-23(21)31(39-29)19-33-25-14-6-8-16-27(25)36(34)41-33;/h3*1-19,38,41H,(H,42,43);. The second kappa shape index (κ2) is 30.2. The van der Waals surface area contributed by atoms with Crippen molar-refractivity contribution in [2.75, 3.05) is 0 Å². The van der Waals surface area contributed by atoms with E-state index in [9.17, 15) is 29.7 Å². The molecule has 0 amide bonds. The first-order chi connectivity index (χ1) is 63.4. The number of aromatic carboxylic acids is 3. The van der Waals surface area contributed by atoms with Gasteiger partial charge in [0.25, 0.3) is 0 Å². The first-order valence-electron chi connectivity index (χ1n) is 42.3. The van der Waals surface area contributed by atoms with E-state index in [0.29, 0.717) is 50.7 Å². The number of aromatic nitrogens is 12. The van der Waals surface area contributed by atoms with E-state index < -0.39 is 17.9 Å². The summed E-state index contributed by atoms with van der Waals surface area (Å²) in [5, 5.41) is 43.7. The Morgan fingerprint density at radius 1 is 0.177 bits per heavy atom. The molecule has 0 spiro atoms. The Morgan fingerprint density at radius 3 is 0.500 bits per heavy atom. The van der Waals surface area contributed by atoms with Crippen molar-refractivity contribution in [1.82, 2.24) is 59.8 Å². The Bertz CT molecular complexity index is 8350. The number of nitrogens with one attached hydrogen (secondary N) is 6. The number of carboxylic acid groups (broad SMARTS) is 3. The SMILES string of the molecule is O=C(O)c1c2nc(cc3[nH]c(cc4nc(cc5[nH]c1c1ccccc51)-c1ccccc1-4)c1ccccc31)-c1ccccc1-2.O=C(O)c1c2nc(cc3[nH]c(cc4nc(cc5[nH]c1c1ccccc51)-c1ccccc1-4)c1ccccc31)-c1ccccc1-2.O=C(O)c1c2nc(cc3[nH]c(cc4nc(cc5[nH]c1c1ccccc51)-c1ccccc1-4)c1ccccc31)-c1ccccc1-2.[Lu]. The minimum Gasteiger partial charge on any atom is -0.478 e. The van der Waals surface area contributed by atoms with Gasteiger partial charge in [-0.1, -0.05) is 291 Å². The van der Waals surface area contributed by atoms with Gasteiger partial charge in [0.1, 0.15) is 16.7 Å². The van der Waals surface area contributed by atoms with Crippen LogP contribution in [0.1, 0.15) is 31.1 Å². The van der Waals surface area contributed by atoms with Gasteiger partial charge in [0.05, 0.1) is 84.9 Å². The summed E-state index contributed by atoms with van der Waals surface area (Å²) in [7, 11) is 0. The smallest absolute Gasteiger partial charge is 0.340 e. The number of hydrogen-bond donors (Lipinski definition) is 9. The first kappa shape index (κ1) is 76.8. The molecule has 6 aliphatic heterocycles. The van der Waals surface area contributed by atoms with Gasteiger partial charge in [-0.2, -0.15) is 0 Å². The van der Waals surface area contributed by atoms with Gasteiger partial charge in [-0.15, -0.1) is 0 Å². The molecule has 1 radical (unpaired) electrons. The van der Waals surface area contributed by atoms with E-state index in [2.05, 4.69) is 121 Å². The number of nitrogens with zero attached hydrogens (tertiary/aromatic N) is 6. The van der Waals surface area contributed by atoms with Gasteiger partial charge in [0.2, 0.25) is 0 Å². The van der Waals surface area contributed by atoms with Crippen molar-refractivity contribution < 1.29 is 66.6 Å². The van der Waals surface area contributed by atoms with Crippen LogP contribution >= 0.6 is 0 Å². The molecule has 12 aromatic carbocycles. The van der Waals surface area contributed by atoms with Gasteiger partial charge in [0.15, 0.2) is 0 Å². The van der Waals surface area contributed by atoms with Crippen LogP contribution in [0.3, 0.4) is 0 Å². The first-order valence-corrected chi connectivity index (χ1v) is 42.3. The third kappa shape index (κ3) is 12.3. The molecule has 27 rings (SSSR count). The maximum absolute atomic E-state index is 13.1. The van der Waals surface area contributed by atoms with Crippen LogP contribution in [0.5, 0.6) is 0 Å². The van der Waals surface area contributed by atoms with Gasteiger partial charge >= 0.3 is 17.9 Å². The van der Waals surface area contributed by atoms with Crippen LogP contribution in [-0.2, 0) is 0 Å². The molecule has 621 valence electrons. The molecular formula is C111H66LuN12O6. The van der Waals surface area contributed by atoms with E-state index >= 15 is 0 Å². The van der Waals surface area contributed by atoms with Crippen LogP contribution in [0.15, 0.2) is 346 Å². The van der Waals surface area contributed by atoms with Crippen LogP contribution in [0.25, 0.3) is 266 Å². The molecule has 15 heterocycles. The van der Waals surface area contributed by atoms with Crippen molar-refractivity contribution in [3.8, 4) is 135 Å². The van der Waals surface area contributed by atoms with E-state index in [0.717, 1.165) is 215 Å². The van der Waals surface area contributed by atoms with E-state index in [4.69, 9.17) is 29.9 Å². The van der Waals surface area contributed by atoms with Crippen molar-refractivity contribution >= 4 is 149 Å². The summed E-state index contributed by atoms with van der Waals surface area (Å²) in [4.78, 5) is 91.0. The Balaban J connectivity index is 0.000000108. The molecule has 0 fully saturated rings. The maximum Gasteiger partial charge on any atom is 0.340 e. The molecule has 0 saturated carbocycles. The fraction of sp³-hybridized carbons (Fsp3) is 0. The van der Waals surface area contributed by atoms with Gasteiger partial charge in [-0.05, 0) is 54.6 Å². The predicted octanol–water partition coefficient (Wildman–Crippen LogP) is 27.0. The number of hydrogen-bond acceptors (Lipinski definition) is 9. The molecule has 9 aromatic heterocycles. The Kier molecular flexibility index (Phi) is 17.9. The summed E-state index contributed by atoms with van der Waals surface area (Å²) < 4.78 is 0.